The highest BCUT2D eigenvalue weighted by molar-refractivity contribution is 6.31. The summed E-state index contributed by atoms with van der Waals surface area (Å²) in [5.41, 5.74) is 0.575. The van der Waals surface area contributed by atoms with Gasteiger partial charge in [0.2, 0.25) is 5.91 Å². The molecule has 1 heterocycles. The molecule has 0 N–H and O–H groups in total. The molecule has 1 aliphatic carbocycles. The molecule has 1 atom stereocenters. The van der Waals surface area contributed by atoms with Gasteiger partial charge in [0.25, 0.3) is 5.69 Å². The Morgan fingerprint density at radius 3 is 2.45 bits per heavy atom. The number of carbonyl (C=O) groups is 2. The zero-order chi connectivity index (χ0) is 23.5. The summed E-state index contributed by atoms with van der Waals surface area (Å²) in [5, 5.41) is 11.1. The summed E-state index contributed by atoms with van der Waals surface area (Å²) >= 11 is 6.13. The summed E-state index contributed by atoms with van der Waals surface area (Å²) in [5.74, 6) is -1.14. The van der Waals surface area contributed by atoms with Crippen molar-refractivity contribution in [3.05, 3.63) is 74.5 Å². The van der Waals surface area contributed by atoms with Crippen molar-refractivity contribution >= 4 is 29.2 Å². The largest absolute Gasteiger partial charge is 0.459 e. The first-order valence-corrected chi connectivity index (χ1v) is 11.4. The van der Waals surface area contributed by atoms with Gasteiger partial charge in [0.1, 0.15) is 11.9 Å². The predicted octanol–water partition coefficient (Wildman–Crippen LogP) is 4.95. The average Bonchev–Trinajstić information content (AvgIpc) is 3.17. The standard InChI is InChI=1S/C24H24ClFN2O5/c25-21-2-1-3-22(26)20(21)14-16-12-13-27(23(16)29)17-8-10-19(11-9-17)33-24(30)15-4-6-18(7-5-15)28(31)32/h1-7,16-17,19H,8-14H2. The number of esters is 1. The SMILES string of the molecule is O=C(OC1CCC(N2CCC(Cc3c(F)cccc3Cl)C2=O)CC1)c1ccc([N+](=O)[O-])cc1. The van der Waals surface area contributed by atoms with Crippen LogP contribution in [-0.4, -0.2) is 40.4 Å². The van der Waals surface area contributed by atoms with E-state index in [9.17, 15) is 24.1 Å². The fraction of sp³-hybridized carbons (Fsp3) is 0.417. The number of nitro groups is 1. The van der Waals surface area contributed by atoms with Gasteiger partial charge in [0.15, 0.2) is 0 Å². The lowest BCUT2D eigenvalue weighted by atomic mass is 9.91. The van der Waals surface area contributed by atoms with Gasteiger partial charge in [0.05, 0.1) is 10.5 Å². The first kappa shape index (κ1) is 23.2. The van der Waals surface area contributed by atoms with Crippen molar-refractivity contribution in [1.29, 1.82) is 0 Å². The number of amides is 1. The summed E-state index contributed by atoms with van der Waals surface area (Å²) in [6.07, 6.45) is 3.42. The van der Waals surface area contributed by atoms with Gasteiger partial charge in [-0.1, -0.05) is 17.7 Å². The van der Waals surface area contributed by atoms with Crippen LogP contribution in [0.2, 0.25) is 5.02 Å². The number of hydrogen-bond acceptors (Lipinski definition) is 5. The number of rotatable bonds is 6. The van der Waals surface area contributed by atoms with Crippen LogP contribution in [0.4, 0.5) is 10.1 Å². The van der Waals surface area contributed by atoms with Gasteiger partial charge in [-0.15, -0.1) is 0 Å². The number of carbonyl (C=O) groups excluding carboxylic acids is 2. The number of nitrogens with zero attached hydrogens (tertiary/aromatic N) is 2. The van der Waals surface area contributed by atoms with E-state index in [1.165, 1.54) is 30.3 Å². The number of nitro benzene ring substituents is 1. The minimum atomic E-state index is -0.522. The van der Waals surface area contributed by atoms with Gasteiger partial charge in [-0.3, -0.25) is 14.9 Å². The molecule has 2 aromatic rings. The Hall–Kier alpha value is -3.00. The number of halogens is 2. The Kier molecular flexibility index (Phi) is 6.93. The molecule has 2 aliphatic rings. The van der Waals surface area contributed by atoms with E-state index in [4.69, 9.17) is 16.3 Å². The monoisotopic (exact) mass is 474 g/mol. The Morgan fingerprint density at radius 1 is 1.12 bits per heavy atom. The number of hydrogen-bond donors (Lipinski definition) is 0. The highest BCUT2D eigenvalue weighted by Gasteiger charge is 2.38. The van der Waals surface area contributed by atoms with E-state index in [1.807, 2.05) is 4.90 Å². The molecule has 1 saturated heterocycles. The van der Waals surface area contributed by atoms with Crippen molar-refractivity contribution in [3.63, 3.8) is 0 Å². The summed E-state index contributed by atoms with van der Waals surface area (Å²) in [4.78, 5) is 37.4. The molecule has 2 aromatic carbocycles. The number of ether oxygens (including phenoxy) is 1. The number of non-ortho nitro benzene ring substituents is 1. The van der Waals surface area contributed by atoms with Crippen molar-refractivity contribution in [2.24, 2.45) is 5.92 Å². The van der Waals surface area contributed by atoms with Crippen molar-refractivity contribution in [2.45, 2.75) is 50.7 Å². The molecule has 1 saturated carbocycles. The van der Waals surface area contributed by atoms with Crippen LogP contribution in [-0.2, 0) is 16.0 Å². The normalized spacial score (nSPS) is 22.9. The van der Waals surface area contributed by atoms with Crippen LogP contribution in [0, 0.1) is 21.8 Å². The van der Waals surface area contributed by atoms with Gasteiger partial charge in [-0.05, 0) is 62.8 Å². The fourth-order valence-electron chi connectivity index (χ4n) is 4.70. The second-order valence-corrected chi connectivity index (χ2v) is 8.97. The summed E-state index contributed by atoms with van der Waals surface area (Å²) in [7, 11) is 0. The maximum Gasteiger partial charge on any atom is 0.338 e. The molecule has 0 aromatic heterocycles. The van der Waals surface area contributed by atoms with Crippen LogP contribution < -0.4 is 0 Å². The van der Waals surface area contributed by atoms with Crippen LogP contribution in [0.5, 0.6) is 0 Å². The van der Waals surface area contributed by atoms with Gasteiger partial charge in [-0.25, -0.2) is 9.18 Å². The first-order chi connectivity index (χ1) is 15.8. The van der Waals surface area contributed by atoms with Gasteiger partial charge >= 0.3 is 5.97 Å². The van der Waals surface area contributed by atoms with Crippen LogP contribution in [0.25, 0.3) is 0 Å². The second-order valence-electron chi connectivity index (χ2n) is 8.56. The second kappa shape index (κ2) is 9.87. The molecular formula is C24H24ClFN2O5. The van der Waals surface area contributed by atoms with Crippen molar-refractivity contribution in [3.8, 4) is 0 Å². The van der Waals surface area contributed by atoms with E-state index in [0.29, 0.717) is 42.8 Å². The third-order valence-electron chi connectivity index (χ3n) is 6.54. The minimum Gasteiger partial charge on any atom is -0.459 e. The lowest BCUT2D eigenvalue weighted by molar-refractivity contribution is -0.384. The third kappa shape index (κ3) is 5.16. The zero-order valence-corrected chi connectivity index (χ0v) is 18.7. The van der Waals surface area contributed by atoms with E-state index in [1.54, 1.807) is 12.1 Å². The van der Waals surface area contributed by atoms with Crippen LogP contribution >= 0.6 is 11.6 Å². The van der Waals surface area contributed by atoms with Crippen molar-refractivity contribution < 1.29 is 23.6 Å². The van der Waals surface area contributed by atoms with E-state index < -0.39 is 10.9 Å². The number of benzene rings is 2. The van der Waals surface area contributed by atoms with E-state index in [2.05, 4.69) is 0 Å². The Bertz CT molecular complexity index is 1030. The molecule has 1 unspecified atom stereocenters. The molecule has 174 valence electrons. The summed E-state index contributed by atoms with van der Waals surface area (Å²) in [6, 6.07) is 9.95. The predicted molar refractivity (Wildman–Crippen MR) is 119 cm³/mol. The Balaban J connectivity index is 1.28. The number of likely N-dealkylation sites (tertiary alicyclic amines) is 1. The molecule has 0 radical (unpaired) electrons. The molecule has 7 nitrogen and oxygen atoms in total. The minimum absolute atomic E-state index is 0.0284. The molecule has 1 amide bonds. The average molecular weight is 475 g/mol. The van der Waals surface area contributed by atoms with Gasteiger partial charge in [-0.2, -0.15) is 0 Å². The molecule has 33 heavy (non-hydrogen) atoms. The van der Waals surface area contributed by atoms with E-state index in [0.717, 1.165) is 12.8 Å². The van der Waals surface area contributed by atoms with Crippen molar-refractivity contribution in [1.82, 2.24) is 4.90 Å². The van der Waals surface area contributed by atoms with Gasteiger partial charge in [0, 0.05) is 41.2 Å². The van der Waals surface area contributed by atoms with Gasteiger partial charge < -0.3 is 9.64 Å². The maximum atomic E-state index is 14.1. The first-order valence-electron chi connectivity index (χ1n) is 11.0. The molecule has 4 rings (SSSR count). The van der Waals surface area contributed by atoms with Crippen LogP contribution in [0.3, 0.4) is 0 Å². The summed E-state index contributed by atoms with van der Waals surface area (Å²) in [6.45, 7) is 0.632. The molecule has 9 heteroatoms. The molecular weight excluding hydrogens is 451 g/mol. The highest BCUT2D eigenvalue weighted by Crippen LogP contribution is 2.33. The quantitative estimate of drug-likeness (QED) is 0.336. The Labute approximate surface area is 195 Å². The lowest BCUT2D eigenvalue weighted by Crippen LogP contribution is -2.41. The zero-order valence-electron chi connectivity index (χ0n) is 17.9. The topological polar surface area (TPSA) is 89.8 Å². The van der Waals surface area contributed by atoms with E-state index in [-0.39, 0.29) is 41.0 Å². The summed E-state index contributed by atoms with van der Waals surface area (Å²) < 4.78 is 19.7. The molecule has 0 bridgehead atoms. The van der Waals surface area contributed by atoms with Crippen LogP contribution in [0.15, 0.2) is 42.5 Å². The Morgan fingerprint density at radius 2 is 1.82 bits per heavy atom. The van der Waals surface area contributed by atoms with Crippen LogP contribution in [0.1, 0.15) is 48.0 Å². The third-order valence-corrected chi connectivity index (χ3v) is 6.89. The van der Waals surface area contributed by atoms with Crippen molar-refractivity contribution in [2.75, 3.05) is 6.54 Å². The lowest BCUT2D eigenvalue weighted by Gasteiger charge is -2.34. The molecule has 2 fully saturated rings. The molecule has 0 spiro atoms. The maximum absolute atomic E-state index is 14.1. The molecule has 1 aliphatic heterocycles. The fourth-order valence-corrected chi connectivity index (χ4v) is 4.94. The van der Waals surface area contributed by atoms with E-state index >= 15 is 0 Å². The smallest absolute Gasteiger partial charge is 0.338 e. The highest BCUT2D eigenvalue weighted by atomic mass is 35.5.